The standard InChI is InChI=1S/C31H54N3O8P/c1-4-7-18-43(19-8-5-2,20-9-6-3)21-10-16-32-27(37)13-11-24(36)12-14-30(39)42-25-22-29(41-26(25)23-35)34-17-15-28(38)33-31(34)40/h15,17,25-26,29,35,43H,4-14,16,18-23H2,1-3H3,(H,32,37)(H,33,38,40)/t25?,26-,29-/m1/s1. The van der Waals surface area contributed by atoms with E-state index < -0.39 is 49.5 Å². The molecule has 11 nitrogen and oxygen atoms in total. The fourth-order valence-electron chi connectivity index (χ4n) is 5.85. The zero-order valence-corrected chi connectivity index (χ0v) is 27.4. The number of ether oxygens (including phenoxy) is 2. The number of Topliss-reactive ketones (excluding diaryl/α,β-unsaturated/α-hetero) is 1. The number of carbonyl (C=O) groups excluding carboxylic acids is 3. The number of aromatic amines is 1. The molecule has 3 N–H and O–H groups in total. The van der Waals surface area contributed by atoms with Gasteiger partial charge in [-0.25, -0.2) is 4.79 Å². The van der Waals surface area contributed by atoms with E-state index >= 15 is 0 Å². The minimum atomic E-state index is -1.33. The summed E-state index contributed by atoms with van der Waals surface area (Å²) < 4.78 is 12.2. The Hall–Kier alpha value is -2.36. The summed E-state index contributed by atoms with van der Waals surface area (Å²) in [4.78, 5) is 62.6. The van der Waals surface area contributed by atoms with Crippen molar-refractivity contribution in [3.8, 4) is 0 Å². The molecular weight excluding hydrogens is 573 g/mol. The average molecular weight is 628 g/mol. The van der Waals surface area contributed by atoms with Gasteiger partial charge in [-0.15, -0.1) is 0 Å². The Morgan fingerprint density at radius 1 is 0.977 bits per heavy atom. The van der Waals surface area contributed by atoms with Crippen LogP contribution in [0, 0.1) is 0 Å². The van der Waals surface area contributed by atoms with Crippen molar-refractivity contribution in [3.63, 3.8) is 0 Å². The first-order chi connectivity index (χ1) is 20.7. The molecule has 0 radical (unpaired) electrons. The average Bonchev–Trinajstić information content (AvgIpc) is 3.39. The molecule has 246 valence electrons. The monoisotopic (exact) mass is 627 g/mol. The number of hydrogen-bond donors (Lipinski definition) is 3. The van der Waals surface area contributed by atoms with Crippen LogP contribution in [0.25, 0.3) is 0 Å². The third-order valence-electron chi connectivity index (χ3n) is 8.43. The van der Waals surface area contributed by atoms with Crippen molar-refractivity contribution < 1.29 is 29.0 Å². The van der Waals surface area contributed by atoms with Crippen molar-refractivity contribution in [2.24, 2.45) is 0 Å². The van der Waals surface area contributed by atoms with Crippen LogP contribution in [0.15, 0.2) is 21.9 Å². The molecule has 0 bridgehead atoms. The quantitative estimate of drug-likeness (QED) is 0.100. The number of amides is 1. The van der Waals surface area contributed by atoms with E-state index in [1.807, 2.05) is 0 Å². The molecule has 1 aromatic rings. The van der Waals surface area contributed by atoms with Gasteiger partial charge < -0.3 is 9.84 Å². The molecule has 1 fully saturated rings. The van der Waals surface area contributed by atoms with Gasteiger partial charge in [0.25, 0.3) is 5.56 Å². The summed E-state index contributed by atoms with van der Waals surface area (Å²) in [5, 5.41) is 12.6. The Kier molecular flexibility index (Phi) is 17.0. The fraction of sp³-hybridized carbons (Fsp3) is 0.774. The zero-order chi connectivity index (χ0) is 31.7. The third kappa shape index (κ3) is 13.0. The number of rotatable bonds is 22. The van der Waals surface area contributed by atoms with Gasteiger partial charge in [-0.2, -0.15) is 0 Å². The number of aliphatic hydroxyl groups excluding tert-OH is 1. The van der Waals surface area contributed by atoms with Gasteiger partial charge in [0, 0.05) is 18.7 Å². The SMILES string of the molecule is CCCC[PH](CCCC)(CCCC)CCCNC(=O)CCC(=O)CCC(=O)OC1C[C@H](n2ccc(=O)[nH]c2=O)O[C@@H]1CO. The number of esters is 1. The molecule has 1 aliphatic heterocycles. The number of ketones is 1. The number of nitrogens with zero attached hydrogens (tertiary/aromatic N) is 1. The van der Waals surface area contributed by atoms with Crippen molar-refractivity contribution in [1.82, 2.24) is 14.9 Å². The molecule has 2 heterocycles. The second-order valence-electron chi connectivity index (χ2n) is 11.9. The molecule has 2 rings (SSSR count). The molecule has 0 aromatic carbocycles. The summed E-state index contributed by atoms with van der Waals surface area (Å²) in [7, 11) is -1.33. The van der Waals surface area contributed by atoms with Gasteiger partial charge >= 0.3 is 178 Å². The van der Waals surface area contributed by atoms with E-state index in [9.17, 15) is 29.1 Å². The van der Waals surface area contributed by atoms with Crippen molar-refractivity contribution in [1.29, 1.82) is 0 Å². The second-order valence-corrected chi connectivity index (χ2v) is 16.9. The molecule has 3 atom stereocenters. The van der Waals surface area contributed by atoms with Crippen LogP contribution in [-0.4, -0.2) is 82.3 Å². The molecule has 0 aliphatic carbocycles. The summed E-state index contributed by atoms with van der Waals surface area (Å²) in [5.74, 6) is -0.964. The smallest absolute Gasteiger partial charge is 0.394 e. The van der Waals surface area contributed by atoms with E-state index in [2.05, 4.69) is 31.1 Å². The van der Waals surface area contributed by atoms with Gasteiger partial charge in [0.1, 0.15) is 18.4 Å². The number of aliphatic hydroxyl groups is 1. The topological polar surface area (TPSA) is 157 Å². The van der Waals surface area contributed by atoms with Crippen LogP contribution >= 0.6 is 7.26 Å². The number of carbonyl (C=O) groups is 3. The molecule has 0 saturated carbocycles. The number of nitrogens with one attached hydrogen (secondary N) is 2. The number of aromatic nitrogens is 2. The molecule has 1 saturated heterocycles. The van der Waals surface area contributed by atoms with E-state index in [1.54, 1.807) is 0 Å². The van der Waals surface area contributed by atoms with Crippen LogP contribution in [0.3, 0.4) is 0 Å². The summed E-state index contributed by atoms with van der Waals surface area (Å²) in [5.41, 5.74) is -1.22. The number of H-pyrrole nitrogens is 1. The Labute approximate surface area is 255 Å². The molecular formula is C31H54N3O8P. The van der Waals surface area contributed by atoms with Crippen molar-refractivity contribution >= 4 is 24.9 Å². The molecule has 12 heteroatoms. The van der Waals surface area contributed by atoms with E-state index in [1.165, 1.54) is 75.4 Å². The Bertz CT molecular complexity index is 1100. The fourth-order valence-corrected chi connectivity index (χ4v) is 11.6. The molecule has 0 spiro atoms. The normalized spacial score (nSPS) is 18.8. The van der Waals surface area contributed by atoms with Gasteiger partial charge in [-0.05, 0) is 0 Å². The number of hydrogen-bond acceptors (Lipinski definition) is 8. The van der Waals surface area contributed by atoms with Gasteiger partial charge in [-0.1, -0.05) is 0 Å². The maximum absolute atomic E-state index is 12.4. The predicted molar refractivity (Wildman–Crippen MR) is 170 cm³/mol. The second kappa shape index (κ2) is 19.8. The van der Waals surface area contributed by atoms with Crippen LogP contribution < -0.4 is 16.6 Å². The summed E-state index contributed by atoms with van der Waals surface area (Å²) in [6.07, 6.45) is 12.9. The predicted octanol–water partition coefficient (Wildman–Crippen LogP) is 3.51. The Morgan fingerprint density at radius 2 is 1.58 bits per heavy atom. The molecule has 1 unspecified atom stereocenters. The van der Waals surface area contributed by atoms with Crippen molar-refractivity contribution in [2.75, 3.05) is 37.8 Å². The van der Waals surface area contributed by atoms with Gasteiger partial charge in [0.15, 0.2) is 0 Å². The van der Waals surface area contributed by atoms with E-state index in [0.29, 0.717) is 6.54 Å². The van der Waals surface area contributed by atoms with Crippen LogP contribution in [0.5, 0.6) is 0 Å². The first-order valence-electron chi connectivity index (χ1n) is 16.2. The first-order valence-corrected chi connectivity index (χ1v) is 19.0. The third-order valence-corrected chi connectivity index (χ3v) is 14.1. The summed E-state index contributed by atoms with van der Waals surface area (Å²) in [6.45, 7) is 6.99. The Morgan fingerprint density at radius 3 is 2.16 bits per heavy atom. The first kappa shape index (κ1) is 36.8. The summed E-state index contributed by atoms with van der Waals surface area (Å²) >= 11 is 0. The van der Waals surface area contributed by atoms with Gasteiger partial charge in [0.2, 0.25) is 0 Å². The minimum Gasteiger partial charge on any atom is -0.394 e. The van der Waals surface area contributed by atoms with E-state index in [4.69, 9.17) is 9.47 Å². The van der Waals surface area contributed by atoms with E-state index in [-0.39, 0.29) is 43.8 Å². The van der Waals surface area contributed by atoms with Crippen LogP contribution in [0.2, 0.25) is 0 Å². The van der Waals surface area contributed by atoms with Gasteiger partial charge in [0.05, 0.1) is 6.61 Å². The van der Waals surface area contributed by atoms with Crippen molar-refractivity contribution in [3.05, 3.63) is 33.1 Å². The van der Waals surface area contributed by atoms with Crippen LogP contribution in [0.4, 0.5) is 0 Å². The van der Waals surface area contributed by atoms with E-state index in [0.717, 1.165) is 11.0 Å². The molecule has 1 aliphatic rings. The number of unbranched alkanes of at least 4 members (excludes halogenated alkanes) is 3. The minimum absolute atomic E-state index is 0.0489. The molecule has 43 heavy (non-hydrogen) atoms. The van der Waals surface area contributed by atoms with Crippen molar-refractivity contribution in [2.45, 2.75) is 116 Å². The van der Waals surface area contributed by atoms with Crippen LogP contribution in [-0.2, 0) is 23.9 Å². The Balaban J connectivity index is 1.71. The molecule has 1 aromatic heterocycles. The summed E-state index contributed by atoms with van der Waals surface area (Å²) in [6, 6.07) is 1.17. The maximum atomic E-state index is 12.4. The molecule has 1 amide bonds. The van der Waals surface area contributed by atoms with Crippen LogP contribution in [0.1, 0.15) is 104 Å². The zero-order valence-electron chi connectivity index (χ0n) is 26.4. The van der Waals surface area contributed by atoms with Gasteiger partial charge in [-0.3, -0.25) is 14.3 Å².